The zero-order chi connectivity index (χ0) is 20.1. The van der Waals surface area contributed by atoms with Crippen molar-refractivity contribution in [1.29, 1.82) is 0 Å². The Bertz CT molecular complexity index is 1150. The van der Waals surface area contributed by atoms with E-state index in [9.17, 15) is 0 Å². The third-order valence-corrected chi connectivity index (χ3v) is 6.15. The van der Waals surface area contributed by atoms with Gasteiger partial charge in [-0.25, -0.2) is 0 Å². The number of para-hydroxylation sites is 1. The quantitative estimate of drug-likeness (QED) is 0.474. The van der Waals surface area contributed by atoms with E-state index in [1.165, 1.54) is 27.6 Å². The standard InChI is InChI=1S/C27H27NO/c1-16(2)18-13-19(17(3)4)15-20(14-18)26-27-25(21-9-5-7-11-23(21)28-26)22-10-6-8-12-24(22)29-27/h5-17,21,23H,1-4H3. The van der Waals surface area contributed by atoms with E-state index < -0.39 is 0 Å². The van der Waals surface area contributed by atoms with Gasteiger partial charge in [-0.3, -0.25) is 4.99 Å². The first-order valence-electron chi connectivity index (χ1n) is 10.6. The first-order chi connectivity index (χ1) is 14.0. The number of hydrogen-bond donors (Lipinski definition) is 0. The summed E-state index contributed by atoms with van der Waals surface area (Å²) in [5.41, 5.74) is 7.08. The fraction of sp³-hybridized carbons (Fsp3) is 0.296. The van der Waals surface area contributed by atoms with E-state index in [-0.39, 0.29) is 12.0 Å². The predicted octanol–water partition coefficient (Wildman–Crippen LogP) is 7.11. The molecule has 0 radical (unpaired) electrons. The van der Waals surface area contributed by atoms with E-state index in [0.29, 0.717) is 11.8 Å². The van der Waals surface area contributed by atoms with Gasteiger partial charge in [0.25, 0.3) is 0 Å². The Hall–Kier alpha value is -2.87. The highest BCUT2D eigenvalue weighted by Gasteiger charge is 2.34. The summed E-state index contributed by atoms with van der Waals surface area (Å²) in [5.74, 6) is 2.11. The third kappa shape index (κ3) is 2.98. The molecule has 2 atom stereocenters. The Morgan fingerprint density at radius 3 is 2.28 bits per heavy atom. The van der Waals surface area contributed by atoms with Crippen LogP contribution in [0.2, 0.25) is 0 Å². The molecule has 2 aliphatic rings. The molecule has 0 N–H and O–H groups in total. The van der Waals surface area contributed by atoms with Gasteiger partial charge in [0.1, 0.15) is 11.3 Å². The summed E-state index contributed by atoms with van der Waals surface area (Å²) in [5, 5.41) is 1.20. The second kappa shape index (κ2) is 6.88. The average molecular weight is 382 g/mol. The second-order valence-corrected chi connectivity index (χ2v) is 8.80. The zero-order valence-corrected chi connectivity index (χ0v) is 17.5. The molecule has 2 nitrogen and oxygen atoms in total. The number of nitrogens with zero attached hydrogens (tertiary/aromatic N) is 1. The summed E-state index contributed by atoms with van der Waals surface area (Å²) in [4.78, 5) is 5.20. The molecule has 0 fully saturated rings. The number of allylic oxidation sites excluding steroid dienone is 2. The monoisotopic (exact) mass is 381 g/mol. The maximum absolute atomic E-state index is 6.42. The Kier molecular flexibility index (Phi) is 4.31. The van der Waals surface area contributed by atoms with Crippen LogP contribution < -0.4 is 0 Å². The van der Waals surface area contributed by atoms with E-state index in [4.69, 9.17) is 9.41 Å². The van der Waals surface area contributed by atoms with Gasteiger partial charge in [0.15, 0.2) is 5.76 Å². The fourth-order valence-corrected chi connectivity index (χ4v) is 4.45. The van der Waals surface area contributed by atoms with Gasteiger partial charge >= 0.3 is 0 Å². The summed E-state index contributed by atoms with van der Waals surface area (Å²) >= 11 is 0. The summed E-state index contributed by atoms with van der Waals surface area (Å²) < 4.78 is 6.42. The van der Waals surface area contributed by atoms with Gasteiger partial charge in [-0.15, -0.1) is 0 Å². The second-order valence-electron chi connectivity index (χ2n) is 8.80. The SMILES string of the molecule is CC(C)c1cc(C2=NC3C=CC=CC3c3c2oc2ccccc32)cc(C(C)C)c1. The van der Waals surface area contributed by atoms with Crippen LogP contribution in [-0.2, 0) is 0 Å². The number of furan rings is 1. The number of benzene rings is 2. The number of hydrogen-bond acceptors (Lipinski definition) is 2. The Labute approximate surface area is 172 Å². The van der Waals surface area contributed by atoms with Crippen LogP contribution in [0.5, 0.6) is 0 Å². The van der Waals surface area contributed by atoms with Crippen LogP contribution in [0.4, 0.5) is 0 Å². The van der Waals surface area contributed by atoms with Gasteiger partial charge in [0.05, 0.1) is 6.04 Å². The lowest BCUT2D eigenvalue weighted by Crippen LogP contribution is -2.24. The summed E-state index contributed by atoms with van der Waals surface area (Å²) in [6.07, 6.45) is 8.71. The maximum Gasteiger partial charge on any atom is 0.157 e. The molecular formula is C27H27NO. The Balaban J connectivity index is 1.77. The minimum absolute atomic E-state index is 0.119. The Morgan fingerprint density at radius 2 is 1.55 bits per heavy atom. The van der Waals surface area contributed by atoms with Crippen molar-refractivity contribution in [3.05, 3.63) is 94.8 Å². The smallest absolute Gasteiger partial charge is 0.157 e. The lowest BCUT2D eigenvalue weighted by molar-refractivity contribution is 0.578. The molecule has 2 unspecified atom stereocenters. The van der Waals surface area contributed by atoms with E-state index >= 15 is 0 Å². The van der Waals surface area contributed by atoms with Gasteiger partial charge in [-0.05, 0) is 41.2 Å². The van der Waals surface area contributed by atoms with E-state index in [2.05, 4.69) is 88.4 Å². The van der Waals surface area contributed by atoms with Crippen LogP contribution in [0.3, 0.4) is 0 Å². The zero-order valence-electron chi connectivity index (χ0n) is 17.5. The first-order valence-corrected chi connectivity index (χ1v) is 10.6. The van der Waals surface area contributed by atoms with Crippen molar-refractivity contribution in [3.63, 3.8) is 0 Å². The molecule has 1 aliphatic heterocycles. The van der Waals surface area contributed by atoms with Crippen LogP contribution in [0.1, 0.15) is 73.5 Å². The van der Waals surface area contributed by atoms with Crippen molar-refractivity contribution in [3.8, 4) is 0 Å². The minimum Gasteiger partial charge on any atom is -0.454 e. The highest BCUT2D eigenvalue weighted by atomic mass is 16.3. The van der Waals surface area contributed by atoms with Crippen LogP contribution in [-0.4, -0.2) is 11.8 Å². The largest absolute Gasteiger partial charge is 0.454 e. The van der Waals surface area contributed by atoms with Crippen molar-refractivity contribution < 1.29 is 4.42 Å². The normalized spacial score (nSPS) is 20.3. The van der Waals surface area contributed by atoms with Gasteiger partial charge in [0, 0.05) is 22.4 Å². The van der Waals surface area contributed by atoms with Crippen molar-refractivity contribution >= 4 is 16.7 Å². The van der Waals surface area contributed by atoms with Gasteiger partial charge in [0.2, 0.25) is 0 Å². The summed E-state index contributed by atoms with van der Waals surface area (Å²) in [7, 11) is 0. The van der Waals surface area contributed by atoms with Crippen molar-refractivity contribution in [1.82, 2.24) is 0 Å². The topological polar surface area (TPSA) is 25.5 Å². The van der Waals surface area contributed by atoms with Gasteiger partial charge in [-0.2, -0.15) is 0 Å². The van der Waals surface area contributed by atoms with Gasteiger partial charge < -0.3 is 4.42 Å². The van der Waals surface area contributed by atoms with Crippen LogP contribution in [0, 0.1) is 0 Å². The molecule has 29 heavy (non-hydrogen) atoms. The molecule has 2 aromatic carbocycles. The van der Waals surface area contributed by atoms with Crippen LogP contribution >= 0.6 is 0 Å². The van der Waals surface area contributed by atoms with E-state index in [1.54, 1.807) is 0 Å². The fourth-order valence-electron chi connectivity index (χ4n) is 4.45. The average Bonchev–Trinajstić information content (AvgIpc) is 3.12. The third-order valence-electron chi connectivity index (χ3n) is 6.15. The molecule has 146 valence electrons. The first kappa shape index (κ1) is 18.2. The molecular weight excluding hydrogens is 354 g/mol. The van der Waals surface area contributed by atoms with Crippen molar-refractivity contribution in [2.75, 3.05) is 0 Å². The number of aliphatic imine (C=N–C) groups is 1. The molecule has 0 amide bonds. The molecule has 1 aromatic heterocycles. The molecule has 0 saturated heterocycles. The number of fused-ring (bicyclic) bond motifs is 5. The highest BCUT2D eigenvalue weighted by Crippen LogP contribution is 2.42. The maximum atomic E-state index is 6.42. The molecule has 5 rings (SSSR count). The molecule has 2 heteroatoms. The molecule has 0 saturated carbocycles. The van der Waals surface area contributed by atoms with Crippen molar-refractivity contribution in [2.24, 2.45) is 4.99 Å². The molecule has 2 heterocycles. The lowest BCUT2D eigenvalue weighted by atomic mass is 9.82. The van der Waals surface area contributed by atoms with Crippen LogP contribution in [0.15, 0.2) is 76.2 Å². The van der Waals surface area contributed by atoms with Crippen LogP contribution in [0.25, 0.3) is 11.0 Å². The Morgan fingerprint density at radius 1 is 0.862 bits per heavy atom. The number of rotatable bonds is 3. The molecule has 0 spiro atoms. The molecule has 3 aromatic rings. The highest BCUT2D eigenvalue weighted by molar-refractivity contribution is 6.15. The summed E-state index contributed by atoms with van der Waals surface area (Å²) in [6.45, 7) is 9.01. The van der Waals surface area contributed by atoms with Gasteiger partial charge in [-0.1, -0.05) is 76.3 Å². The van der Waals surface area contributed by atoms with E-state index in [0.717, 1.165) is 17.1 Å². The van der Waals surface area contributed by atoms with Crippen molar-refractivity contribution in [2.45, 2.75) is 51.5 Å². The minimum atomic E-state index is 0.119. The van der Waals surface area contributed by atoms with E-state index in [1.807, 2.05) is 6.07 Å². The molecule has 0 bridgehead atoms. The summed E-state index contributed by atoms with van der Waals surface area (Å²) in [6, 6.07) is 15.4. The lowest BCUT2D eigenvalue weighted by Gasteiger charge is -2.27. The predicted molar refractivity (Wildman–Crippen MR) is 121 cm³/mol. The molecule has 1 aliphatic carbocycles.